The molecule has 0 aliphatic heterocycles. The summed E-state index contributed by atoms with van der Waals surface area (Å²) in [5.41, 5.74) is 2.47. The summed E-state index contributed by atoms with van der Waals surface area (Å²) in [6.07, 6.45) is 4.27. The summed E-state index contributed by atoms with van der Waals surface area (Å²) in [6, 6.07) is 16.3. The van der Waals surface area contributed by atoms with Crippen LogP contribution in [0.3, 0.4) is 0 Å². The van der Waals surface area contributed by atoms with Gasteiger partial charge in [0.1, 0.15) is 0 Å². The molecule has 0 unspecified atom stereocenters. The van der Waals surface area contributed by atoms with Crippen LogP contribution in [0.2, 0.25) is 0 Å². The summed E-state index contributed by atoms with van der Waals surface area (Å²) in [6.45, 7) is 4.34. The van der Waals surface area contributed by atoms with Gasteiger partial charge in [-0.2, -0.15) is 0 Å². The van der Waals surface area contributed by atoms with Crippen LogP contribution in [0.1, 0.15) is 37.8 Å². The van der Waals surface area contributed by atoms with Gasteiger partial charge in [0.05, 0.1) is 0 Å². The Bertz CT molecular complexity index is 511. The summed E-state index contributed by atoms with van der Waals surface area (Å²) in [5, 5.41) is 0. The van der Waals surface area contributed by atoms with Gasteiger partial charge >= 0.3 is 134 Å². The molecule has 0 aliphatic rings. The molecule has 0 fully saturated rings. The second-order valence-corrected chi connectivity index (χ2v) is 5.51. The van der Waals surface area contributed by atoms with Crippen molar-refractivity contribution in [2.45, 2.75) is 39.5 Å². The number of hydrogen-bond acceptors (Lipinski definition) is 2. The van der Waals surface area contributed by atoms with Crippen LogP contribution < -0.4 is 7.70 Å². The van der Waals surface area contributed by atoms with E-state index in [-0.39, 0.29) is 11.0 Å². The molecule has 0 amide bonds. The number of aryl methyl sites for hydroxylation is 2. The van der Waals surface area contributed by atoms with Gasteiger partial charge in [-0.15, -0.1) is 0 Å². The van der Waals surface area contributed by atoms with Crippen LogP contribution in [0.15, 0.2) is 48.5 Å². The molecule has 0 atom stereocenters. The van der Waals surface area contributed by atoms with Crippen molar-refractivity contribution in [3.63, 3.8) is 0 Å². The van der Waals surface area contributed by atoms with Gasteiger partial charge in [-0.1, -0.05) is 0 Å². The minimum absolute atomic E-state index is 0. The van der Waals surface area contributed by atoms with E-state index in [0.717, 1.165) is 37.2 Å². The second-order valence-electron chi connectivity index (χ2n) is 4.91. The first-order valence-corrected chi connectivity index (χ1v) is 8.31. The van der Waals surface area contributed by atoms with E-state index in [1.54, 1.807) is 0 Å². The average molecular weight is 365 g/mol. The van der Waals surface area contributed by atoms with Gasteiger partial charge in [0, 0.05) is 0 Å². The summed E-state index contributed by atoms with van der Waals surface area (Å²) < 4.78 is 11.5. The van der Waals surface area contributed by atoms with E-state index in [1.807, 2.05) is 36.4 Å². The number of benzene rings is 2. The van der Waals surface area contributed by atoms with Gasteiger partial charge in [0.2, 0.25) is 0 Å². The zero-order valence-electron chi connectivity index (χ0n) is 13.6. The molecule has 2 rings (SSSR count). The molecule has 0 saturated heterocycles. The van der Waals surface area contributed by atoms with E-state index >= 15 is 0 Å². The van der Waals surface area contributed by atoms with Crippen LogP contribution >= 0.6 is 0 Å². The molecule has 0 aliphatic carbocycles. The monoisotopic (exact) mass is 365 g/mol. The van der Waals surface area contributed by atoms with Crippen LogP contribution in [0.25, 0.3) is 0 Å². The van der Waals surface area contributed by atoms with E-state index in [1.165, 1.54) is 11.1 Å². The summed E-state index contributed by atoms with van der Waals surface area (Å²) in [5.74, 6) is 1.82. The first-order chi connectivity index (χ1) is 10.3. The fourth-order valence-electron chi connectivity index (χ4n) is 2.17. The van der Waals surface area contributed by atoms with Crippen molar-refractivity contribution in [2.75, 3.05) is 0 Å². The van der Waals surface area contributed by atoms with Gasteiger partial charge in [-0.05, 0) is 0 Å². The maximum absolute atomic E-state index is 5.77. The van der Waals surface area contributed by atoms with Crippen LogP contribution in [-0.2, 0) is 28.2 Å². The van der Waals surface area contributed by atoms with Gasteiger partial charge in [-0.25, -0.2) is 0 Å². The maximum Gasteiger partial charge on any atom is -0.412 e. The standard InChI is InChI=1S/2C9H12O.Co.2H2O/c2*1-2-5-8-6-3-4-7-9(8)10;;;/h2*3-4,6-7,10H,2,5H2,1H3;;2*1H2/q;;+2;;/p-2. The van der Waals surface area contributed by atoms with Crippen molar-refractivity contribution >= 4 is 0 Å². The molecule has 0 spiro atoms. The molecule has 0 radical (unpaired) electrons. The fraction of sp³-hybridized carbons (Fsp3) is 0.333. The average Bonchev–Trinajstić information content (AvgIpc) is 2.51. The van der Waals surface area contributed by atoms with Crippen LogP contribution in [0, 0.1) is 0 Å². The van der Waals surface area contributed by atoms with Crippen molar-refractivity contribution in [3.8, 4) is 11.5 Å². The predicted molar refractivity (Wildman–Crippen MR) is 89.4 cm³/mol. The van der Waals surface area contributed by atoms with Crippen molar-refractivity contribution in [2.24, 2.45) is 0 Å². The summed E-state index contributed by atoms with van der Waals surface area (Å²) in [4.78, 5) is 0. The third-order valence-electron chi connectivity index (χ3n) is 3.19. The topological polar surface area (TPSA) is 81.5 Å². The van der Waals surface area contributed by atoms with E-state index in [0.29, 0.717) is 15.3 Å². The van der Waals surface area contributed by atoms with E-state index < -0.39 is 0 Å². The Labute approximate surface area is 145 Å². The van der Waals surface area contributed by atoms with Crippen LogP contribution in [0.5, 0.6) is 11.5 Å². The Morgan fingerprint density at radius 2 is 1.09 bits per heavy atom. The molecule has 23 heavy (non-hydrogen) atoms. The molecule has 2 aromatic carbocycles. The van der Waals surface area contributed by atoms with Gasteiger partial charge in [0.25, 0.3) is 0 Å². The first kappa shape index (κ1) is 21.5. The molecule has 4 nitrogen and oxygen atoms in total. The van der Waals surface area contributed by atoms with Crippen molar-refractivity contribution in [3.05, 3.63) is 59.7 Å². The zero-order chi connectivity index (χ0) is 14.9. The largest absolute Gasteiger partial charge is 0.412 e. The zero-order valence-corrected chi connectivity index (χ0v) is 14.6. The Morgan fingerprint density at radius 3 is 1.48 bits per heavy atom. The fourth-order valence-corrected chi connectivity index (χ4v) is 2.81. The molecular formula is C18H26CoO4. The Kier molecular flexibility index (Phi) is 11.2. The smallest absolute Gasteiger partial charge is 0.412 e. The van der Waals surface area contributed by atoms with E-state index in [2.05, 4.69) is 26.0 Å². The SMILES string of the molecule is CCCc1ccccc1[O][Co][O]c1ccccc1CCC.O.O. The van der Waals surface area contributed by atoms with Gasteiger partial charge < -0.3 is 11.0 Å². The summed E-state index contributed by atoms with van der Waals surface area (Å²) >= 11 is 0.547. The minimum Gasteiger partial charge on any atom is -0.412 e. The molecule has 5 heteroatoms. The molecule has 4 N–H and O–H groups in total. The Balaban J connectivity index is 0.00000242. The van der Waals surface area contributed by atoms with Crippen LogP contribution in [-0.4, -0.2) is 11.0 Å². The van der Waals surface area contributed by atoms with E-state index in [4.69, 9.17) is 7.70 Å². The molecule has 2 aromatic rings. The third kappa shape index (κ3) is 6.62. The van der Waals surface area contributed by atoms with Gasteiger partial charge in [0.15, 0.2) is 0 Å². The normalized spacial score (nSPS) is 9.65. The quantitative estimate of drug-likeness (QED) is 0.719. The molecule has 0 saturated carbocycles. The summed E-state index contributed by atoms with van der Waals surface area (Å²) in [7, 11) is 0. The first-order valence-electron chi connectivity index (χ1n) is 7.46. The second kappa shape index (κ2) is 12.0. The molecule has 131 valence electrons. The molecule has 0 aromatic heterocycles. The Morgan fingerprint density at radius 1 is 0.696 bits per heavy atom. The number of para-hydroxylation sites is 2. The maximum atomic E-state index is 5.77. The molecule has 0 heterocycles. The minimum atomic E-state index is 0. The number of hydrogen-bond donors (Lipinski definition) is 0. The van der Waals surface area contributed by atoms with E-state index in [9.17, 15) is 0 Å². The van der Waals surface area contributed by atoms with Crippen molar-refractivity contribution < 1.29 is 34.0 Å². The third-order valence-corrected chi connectivity index (χ3v) is 3.82. The van der Waals surface area contributed by atoms with Crippen LogP contribution in [0.4, 0.5) is 0 Å². The Hall–Kier alpha value is -1.53. The van der Waals surface area contributed by atoms with Gasteiger partial charge in [-0.3, -0.25) is 0 Å². The molecule has 0 bridgehead atoms. The number of rotatable bonds is 8. The molecular weight excluding hydrogens is 339 g/mol. The predicted octanol–water partition coefficient (Wildman–Crippen LogP) is 3.31. The van der Waals surface area contributed by atoms with Crippen molar-refractivity contribution in [1.82, 2.24) is 0 Å². The van der Waals surface area contributed by atoms with Crippen molar-refractivity contribution in [1.29, 1.82) is 0 Å².